The molecular formula is C29H37N7O2. The number of anilines is 2. The van der Waals surface area contributed by atoms with Crippen LogP contribution in [0.15, 0.2) is 48.8 Å². The third-order valence-electron chi connectivity index (χ3n) is 7.95. The highest BCUT2D eigenvalue weighted by atomic mass is 16.2. The van der Waals surface area contributed by atoms with E-state index >= 15 is 0 Å². The van der Waals surface area contributed by atoms with Crippen LogP contribution < -0.4 is 9.80 Å². The molecule has 2 aliphatic rings. The maximum Gasteiger partial charge on any atom is 0.330 e. The number of carbonyl (C=O) groups excluding carboxylic acids is 2. The van der Waals surface area contributed by atoms with Crippen molar-refractivity contribution in [3.8, 4) is 11.5 Å². The zero-order chi connectivity index (χ0) is 26.8. The fourth-order valence-corrected chi connectivity index (χ4v) is 5.53. The molecule has 0 radical (unpaired) electrons. The van der Waals surface area contributed by atoms with Gasteiger partial charge in [-0.25, -0.2) is 9.78 Å². The molecule has 0 N–H and O–H groups in total. The lowest BCUT2D eigenvalue weighted by atomic mass is 9.90. The molecule has 1 aromatic carbocycles. The van der Waals surface area contributed by atoms with E-state index in [1.807, 2.05) is 41.8 Å². The number of carbonyl (C=O) groups is 2. The Morgan fingerprint density at radius 2 is 1.68 bits per heavy atom. The molecule has 1 unspecified atom stereocenters. The Labute approximate surface area is 224 Å². The molecule has 200 valence electrons. The smallest absolute Gasteiger partial charge is 0.310 e. The number of pyridine rings is 1. The molecule has 2 aromatic heterocycles. The minimum absolute atomic E-state index is 0.0801. The van der Waals surface area contributed by atoms with Gasteiger partial charge in [-0.3, -0.25) is 19.5 Å². The molecule has 0 spiro atoms. The molecule has 2 saturated heterocycles. The van der Waals surface area contributed by atoms with Gasteiger partial charge in [0, 0.05) is 43.2 Å². The van der Waals surface area contributed by atoms with Crippen LogP contribution in [0, 0.1) is 5.92 Å². The number of amides is 2. The standard InChI is InChI=1S/C29H37N7O2/c1-5-26(37)23-13-15-33(16-14-23)21(4)22-9-11-24(12-10-22)34-17-18-35(29(34)38)27-8-6-7-25(31-27)28-32-30-19-36(28)20(2)3/h6-12,19-21,23H,5,13-18H2,1-4H3. The third-order valence-corrected chi connectivity index (χ3v) is 7.95. The predicted octanol–water partition coefficient (Wildman–Crippen LogP) is 5.12. The van der Waals surface area contributed by atoms with Crippen molar-refractivity contribution < 1.29 is 9.59 Å². The molecule has 5 rings (SSSR count). The largest absolute Gasteiger partial charge is 0.330 e. The van der Waals surface area contributed by atoms with Gasteiger partial charge in [0.05, 0.1) is 0 Å². The third kappa shape index (κ3) is 5.07. The molecule has 2 amide bonds. The van der Waals surface area contributed by atoms with Crippen molar-refractivity contribution in [1.29, 1.82) is 0 Å². The van der Waals surface area contributed by atoms with Crippen molar-refractivity contribution in [3.63, 3.8) is 0 Å². The number of aromatic nitrogens is 4. The molecule has 3 aromatic rings. The summed E-state index contributed by atoms with van der Waals surface area (Å²) in [4.78, 5) is 36.2. The van der Waals surface area contributed by atoms with Crippen LogP contribution in [-0.4, -0.2) is 62.6 Å². The Hall–Kier alpha value is -3.59. The van der Waals surface area contributed by atoms with Crippen LogP contribution in [0.1, 0.15) is 64.6 Å². The first kappa shape index (κ1) is 26.0. The van der Waals surface area contributed by atoms with Crippen LogP contribution in [0.4, 0.5) is 16.3 Å². The van der Waals surface area contributed by atoms with E-state index < -0.39 is 0 Å². The van der Waals surface area contributed by atoms with Crippen LogP contribution in [0.3, 0.4) is 0 Å². The number of urea groups is 1. The van der Waals surface area contributed by atoms with Gasteiger partial charge >= 0.3 is 6.03 Å². The SMILES string of the molecule is CCC(=O)C1CCN(C(C)c2ccc(N3CCN(c4cccc(-c5nncn5C(C)C)n4)C3=O)cc2)CC1. The maximum atomic E-state index is 13.4. The van der Waals surface area contributed by atoms with Crippen molar-refractivity contribution in [1.82, 2.24) is 24.6 Å². The Morgan fingerprint density at radius 1 is 0.974 bits per heavy atom. The second kappa shape index (κ2) is 11.0. The van der Waals surface area contributed by atoms with Crippen molar-refractivity contribution >= 4 is 23.3 Å². The fraction of sp³-hybridized carbons (Fsp3) is 0.483. The first-order chi connectivity index (χ1) is 18.4. The molecule has 0 saturated carbocycles. The van der Waals surface area contributed by atoms with E-state index in [1.54, 1.807) is 16.1 Å². The second-order valence-electron chi connectivity index (χ2n) is 10.5. The zero-order valence-electron chi connectivity index (χ0n) is 22.7. The summed E-state index contributed by atoms with van der Waals surface area (Å²) in [5.41, 5.74) is 2.80. The van der Waals surface area contributed by atoms with E-state index in [9.17, 15) is 9.59 Å². The summed E-state index contributed by atoms with van der Waals surface area (Å²) in [6.45, 7) is 11.4. The van der Waals surface area contributed by atoms with Gasteiger partial charge in [0.15, 0.2) is 5.82 Å². The molecule has 4 heterocycles. The van der Waals surface area contributed by atoms with Crippen LogP contribution in [0.25, 0.3) is 11.5 Å². The Balaban J connectivity index is 1.25. The maximum absolute atomic E-state index is 13.4. The molecule has 38 heavy (non-hydrogen) atoms. The summed E-state index contributed by atoms with van der Waals surface area (Å²) in [7, 11) is 0. The molecule has 1 atom stereocenters. The molecule has 0 aliphatic carbocycles. The van der Waals surface area contributed by atoms with Gasteiger partial charge in [-0.2, -0.15) is 0 Å². The summed E-state index contributed by atoms with van der Waals surface area (Å²) in [5.74, 6) is 1.92. The number of likely N-dealkylation sites (tertiary alicyclic amines) is 1. The zero-order valence-corrected chi connectivity index (χ0v) is 22.7. The Morgan fingerprint density at radius 3 is 2.37 bits per heavy atom. The number of nitrogens with zero attached hydrogens (tertiary/aromatic N) is 7. The van der Waals surface area contributed by atoms with Gasteiger partial charge in [0.25, 0.3) is 0 Å². The number of piperidine rings is 1. The molecular weight excluding hydrogens is 478 g/mol. The number of hydrogen-bond donors (Lipinski definition) is 0. The molecule has 0 bridgehead atoms. The highest BCUT2D eigenvalue weighted by molar-refractivity contribution is 6.05. The van der Waals surface area contributed by atoms with E-state index in [0.717, 1.165) is 31.6 Å². The minimum Gasteiger partial charge on any atom is -0.310 e. The van der Waals surface area contributed by atoms with E-state index in [1.165, 1.54) is 5.56 Å². The van der Waals surface area contributed by atoms with E-state index in [0.29, 0.717) is 42.6 Å². The van der Waals surface area contributed by atoms with Crippen molar-refractivity contribution in [2.24, 2.45) is 5.92 Å². The second-order valence-corrected chi connectivity index (χ2v) is 10.5. The number of Topliss-reactive ketones (excluding diaryl/α,β-unsaturated/α-hetero) is 1. The summed E-state index contributed by atoms with van der Waals surface area (Å²) >= 11 is 0. The van der Waals surface area contributed by atoms with Crippen molar-refractivity contribution in [3.05, 3.63) is 54.4 Å². The van der Waals surface area contributed by atoms with Gasteiger partial charge in [0.2, 0.25) is 0 Å². The molecule has 9 nitrogen and oxygen atoms in total. The lowest BCUT2D eigenvalue weighted by Gasteiger charge is -2.35. The van der Waals surface area contributed by atoms with E-state index in [-0.39, 0.29) is 24.0 Å². The normalized spacial score (nSPS) is 18.0. The highest BCUT2D eigenvalue weighted by Crippen LogP contribution is 2.30. The number of ketones is 1. The minimum atomic E-state index is -0.0801. The highest BCUT2D eigenvalue weighted by Gasteiger charge is 2.32. The monoisotopic (exact) mass is 515 g/mol. The molecule has 2 aliphatic heterocycles. The quantitative estimate of drug-likeness (QED) is 0.414. The molecule has 2 fully saturated rings. The van der Waals surface area contributed by atoms with Crippen LogP contribution in [0.2, 0.25) is 0 Å². The summed E-state index contributed by atoms with van der Waals surface area (Å²) in [5, 5.41) is 8.29. The summed E-state index contributed by atoms with van der Waals surface area (Å²) < 4.78 is 1.97. The lowest BCUT2D eigenvalue weighted by Crippen LogP contribution is -2.37. The first-order valence-electron chi connectivity index (χ1n) is 13.7. The van der Waals surface area contributed by atoms with Gasteiger partial charge in [-0.15, -0.1) is 10.2 Å². The van der Waals surface area contributed by atoms with Gasteiger partial charge in [-0.1, -0.05) is 25.1 Å². The lowest BCUT2D eigenvalue weighted by molar-refractivity contribution is -0.124. The number of hydrogen-bond acceptors (Lipinski definition) is 6. The van der Waals surface area contributed by atoms with Gasteiger partial charge in [0.1, 0.15) is 23.6 Å². The van der Waals surface area contributed by atoms with Gasteiger partial charge < -0.3 is 4.57 Å². The summed E-state index contributed by atoms with van der Waals surface area (Å²) in [6.07, 6.45) is 4.23. The molecule has 9 heteroatoms. The number of rotatable bonds is 8. The van der Waals surface area contributed by atoms with Crippen LogP contribution in [0.5, 0.6) is 0 Å². The Bertz CT molecular complexity index is 1280. The first-order valence-corrected chi connectivity index (χ1v) is 13.7. The average molecular weight is 516 g/mol. The topological polar surface area (TPSA) is 87.5 Å². The Kier molecular flexibility index (Phi) is 7.56. The predicted molar refractivity (Wildman–Crippen MR) is 148 cm³/mol. The van der Waals surface area contributed by atoms with Crippen molar-refractivity contribution in [2.75, 3.05) is 36.0 Å². The van der Waals surface area contributed by atoms with Crippen LogP contribution in [-0.2, 0) is 4.79 Å². The number of benzene rings is 1. The van der Waals surface area contributed by atoms with Crippen molar-refractivity contribution in [2.45, 2.75) is 59.0 Å². The fourth-order valence-electron chi connectivity index (χ4n) is 5.53. The van der Waals surface area contributed by atoms with Crippen LogP contribution >= 0.6 is 0 Å². The van der Waals surface area contributed by atoms with E-state index in [4.69, 9.17) is 4.98 Å². The average Bonchev–Trinajstić information content (AvgIpc) is 3.60. The van der Waals surface area contributed by atoms with Gasteiger partial charge in [-0.05, 0) is 76.5 Å². The van der Waals surface area contributed by atoms with E-state index in [2.05, 4.69) is 48.0 Å². The summed E-state index contributed by atoms with van der Waals surface area (Å²) in [6, 6.07) is 14.4.